The van der Waals surface area contributed by atoms with E-state index < -0.39 is 0 Å². The molecule has 0 saturated carbocycles. The van der Waals surface area contributed by atoms with Crippen molar-refractivity contribution in [3.05, 3.63) is 20.9 Å². The molecule has 0 saturated heterocycles. The number of rotatable bonds is 25. The van der Waals surface area contributed by atoms with E-state index >= 15 is 0 Å². The van der Waals surface area contributed by atoms with E-state index in [9.17, 15) is 0 Å². The third-order valence-electron chi connectivity index (χ3n) is 2.99. The minimum Gasteiger partial charge on any atom is -0.379 e. The highest BCUT2D eigenvalue weighted by Crippen LogP contribution is 2.20. The van der Waals surface area contributed by atoms with E-state index in [1.54, 1.807) is 21.6 Å². The molecule has 0 amide bonds. The van der Waals surface area contributed by atoms with Gasteiger partial charge in [-0.3, -0.25) is 0 Å². The summed E-state index contributed by atoms with van der Waals surface area (Å²) < 4.78 is 32.1. The third-order valence-corrected chi connectivity index (χ3v) is 5.32. The van der Waals surface area contributed by atoms with Crippen LogP contribution in [-0.4, -0.2) is 104 Å². The zero-order valence-corrected chi connectivity index (χ0v) is 18.9. The Morgan fingerprint density at radius 1 is 0.467 bits per heavy atom. The molecule has 0 fully saturated rings. The van der Waals surface area contributed by atoms with Crippen LogP contribution in [0.15, 0.2) is 10.2 Å². The maximum atomic E-state index is 8.09. The van der Waals surface area contributed by atoms with E-state index in [1.807, 2.05) is 0 Å². The molecule has 0 spiro atoms. The van der Waals surface area contributed by atoms with Gasteiger partial charge in [0, 0.05) is 34.4 Å². The van der Waals surface area contributed by atoms with Gasteiger partial charge in [-0.1, -0.05) is 31.8 Å². The SMILES string of the molecule is [N-]=[N+]=NCCOCCOCCOCCSSCCOCCOCCOCCN=[N+]=[N-]. The minimum absolute atomic E-state index is 0.342. The van der Waals surface area contributed by atoms with E-state index in [2.05, 4.69) is 20.1 Å². The maximum Gasteiger partial charge on any atom is 0.0701 e. The monoisotopic (exact) mass is 468 g/mol. The minimum atomic E-state index is 0.342. The highest BCUT2D eigenvalue weighted by atomic mass is 33.1. The average molecular weight is 469 g/mol. The first kappa shape index (κ1) is 29.1. The Morgan fingerprint density at radius 2 is 0.767 bits per heavy atom. The summed E-state index contributed by atoms with van der Waals surface area (Å²) in [7, 11) is 3.51. The van der Waals surface area contributed by atoms with Crippen LogP contribution in [0.4, 0.5) is 0 Å². The average Bonchev–Trinajstić information content (AvgIpc) is 2.76. The summed E-state index contributed by atoms with van der Waals surface area (Å²) in [6.45, 7) is 7.04. The van der Waals surface area contributed by atoms with Crippen molar-refractivity contribution >= 4 is 21.6 Å². The zero-order chi connectivity index (χ0) is 21.8. The lowest BCUT2D eigenvalue weighted by atomic mass is 10.7. The second-order valence-corrected chi connectivity index (χ2v) is 7.93. The van der Waals surface area contributed by atoms with E-state index in [1.165, 1.54) is 0 Å². The Morgan fingerprint density at radius 3 is 1.10 bits per heavy atom. The van der Waals surface area contributed by atoms with Gasteiger partial charge in [-0.25, -0.2) is 0 Å². The van der Waals surface area contributed by atoms with Crippen molar-refractivity contribution in [1.82, 2.24) is 0 Å². The second-order valence-electron chi connectivity index (χ2n) is 5.23. The van der Waals surface area contributed by atoms with Gasteiger partial charge >= 0.3 is 0 Å². The molecule has 0 aromatic rings. The fourth-order valence-electron chi connectivity index (χ4n) is 1.69. The highest BCUT2D eigenvalue weighted by molar-refractivity contribution is 8.76. The van der Waals surface area contributed by atoms with Crippen molar-refractivity contribution in [3.63, 3.8) is 0 Å². The summed E-state index contributed by atoms with van der Waals surface area (Å²) in [4.78, 5) is 5.27. The Balaban J connectivity index is 3.01. The first-order valence-corrected chi connectivity index (χ1v) is 12.1. The van der Waals surface area contributed by atoms with Gasteiger partial charge in [-0.05, 0) is 11.1 Å². The molecule has 0 rings (SSSR count). The number of ether oxygens (including phenoxy) is 6. The van der Waals surface area contributed by atoms with Crippen molar-refractivity contribution < 1.29 is 28.4 Å². The van der Waals surface area contributed by atoms with Gasteiger partial charge in [0.05, 0.1) is 79.3 Å². The van der Waals surface area contributed by atoms with Crippen LogP contribution in [0, 0.1) is 0 Å². The molecule has 0 radical (unpaired) electrons. The predicted octanol–water partition coefficient (Wildman–Crippen LogP) is 3.09. The van der Waals surface area contributed by atoms with E-state index in [4.69, 9.17) is 39.5 Å². The predicted molar refractivity (Wildman–Crippen MR) is 118 cm³/mol. The van der Waals surface area contributed by atoms with Crippen LogP contribution in [0.2, 0.25) is 0 Å². The molecule has 0 aliphatic rings. The van der Waals surface area contributed by atoms with Crippen LogP contribution in [-0.2, 0) is 28.4 Å². The molecule has 0 N–H and O–H groups in total. The van der Waals surface area contributed by atoms with Crippen molar-refractivity contribution in [2.45, 2.75) is 0 Å². The highest BCUT2D eigenvalue weighted by Gasteiger charge is 1.95. The standard InChI is InChI=1S/C16H32N6O6S2/c17-21-19-1-3-23-5-7-25-9-11-27-13-15-29-30-16-14-28-12-10-26-8-6-24-4-2-20-22-18/h1-16H2. The molecule has 14 heteroatoms. The quantitative estimate of drug-likeness (QED) is 0.0651. The summed E-state index contributed by atoms with van der Waals surface area (Å²) in [6, 6.07) is 0. The van der Waals surface area contributed by atoms with Crippen molar-refractivity contribution in [3.8, 4) is 0 Å². The van der Waals surface area contributed by atoms with Crippen molar-refractivity contribution in [2.75, 3.05) is 104 Å². The van der Waals surface area contributed by atoms with Gasteiger partial charge in [0.25, 0.3) is 0 Å². The van der Waals surface area contributed by atoms with Crippen LogP contribution in [0.1, 0.15) is 0 Å². The van der Waals surface area contributed by atoms with Gasteiger partial charge < -0.3 is 28.4 Å². The van der Waals surface area contributed by atoms with Crippen LogP contribution in [0.5, 0.6) is 0 Å². The summed E-state index contributed by atoms with van der Waals surface area (Å²) in [5.74, 6) is 1.83. The molecule has 0 atom stereocenters. The van der Waals surface area contributed by atoms with Gasteiger partial charge in [0.2, 0.25) is 0 Å². The number of hydrogen-bond acceptors (Lipinski definition) is 10. The Labute approximate surface area is 185 Å². The summed E-state index contributed by atoms with van der Waals surface area (Å²) >= 11 is 0. The maximum absolute atomic E-state index is 8.09. The van der Waals surface area contributed by atoms with Crippen LogP contribution in [0.3, 0.4) is 0 Å². The third kappa shape index (κ3) is 27.1. The summed E-state index contributed by atoms with van der Waals surface area (Å²) in [6.07, 6.45) is 0. The lowest BCUT2D eigenvalue weighted by Crippen LogP contribution is -2.11. The largest absolute Gasteiger partial charge is 0.379 e. The summed E-state index contributed by atoms with van der Waals surface area (Å²) in [5.41, 5.74) is 16.2. The molecule has 12 nitrogen and oxygen atoms in total. The van der Waals surface area contributed by atoms with Crippen LogP contribution >= 0.6 is 21.6 Å². The summed E-state index contributed by atoms with van der Waals surface area (Å²) in [5, 5.41) is 6.73. The topological polar surface area (TPSA) is 153 Å². The van der Waals surface area contributed by atoms with Crippen LogP contribution < -0.4 is 0 Å². The molecule has 0 aromatic carbocycles. The second kappa shape index (κ2) is 28.1. The molecular formula is C16H32N6O6S2. The molecule has 0 aliphatic heterocycles. The van der Waals surface area contributed by atoms with E-state index in [0.717, 1.165) is 11.5 Å². The Hall–Kier alpha value is -0.920. The Kier molecular flexibility index (Phi) is 27.2. The van der Waals surface area contributed by atoms with Crippen molar-refractivity contribution in [2.24, 2.45) is 10.2 Å². The molecule has 0 unspecified atom stereocenters. The molecule has 0 aromatic heterocycles. The first-order valence-electron chi connectivity index (χ1n) is 9.64. The van der Waals surface area contributed by atoms with Gasteiger partial charge in [0.15, 0.2) is 0 Å². The van der Waals surface area contributed by atoms with E-state index in [-0.39, 0.29) is 0 Å². The first-order chi connectivity index (χ1) is 14.9. The van der Waals surface area contributed by atoms with Crippen molar-refractivity contribution in [1.29, 1.82) is 0 Å². The molecule has 30 heavy (non-hydrogen) atoms. The fourth-order valence-corrected chi connectivity index (χ4v) is 3.41. The van der Waals surface area contributed by atoms with Gasteiger partial charge in [-0.2, -0.15) is 0 Å². The number of azide groups is 2. The molecule has 0 heterocycles. The number of nitrogens with zero attached hydrogens (tertiary/aromatic N) is 6. The number of hydrogen-bond donors (Lipinski definition) is 0. The van der Waals surface area contributed by atoms with Crippen LogP contribution in [0.25, 0.3) is 20.9 Å². The normalized spacial score (nSPS) is 10.5. The lowest BCUT2D eigenvalue weighted by Gasteiger charge is -2.07. The molecular weight excluding hydrogens is 436 g/mol. The van der Waals surface area contributed by atoms with Gasteiger partial charge in [-0.15, -0.1) is 0 Å². The lowest BCUT2D eigenvalue weighted by molar-refractivity contribution is 0.0189. The molecule has 0 bridgehead atoms. The smallest absolute Gasteiger partial charge is 0.0701 e. The Bertz CT molecular complexity index is 416. The van der Waals surface area contributed by atoms with E-state index in [0.29, 0.717) is 92.4 Å². The zero-order valence-electron chi connectivity index (χ0n) is 17.3. The van der Waals surface area contributed by atoms with Gasteiger partial charge in [0.1, 0.15) is 0 Å². The molecule has 0 aliphatic carbocycles. The fraction of sp³-hybridized carbons (Fsp3) is 1.00. The molecule has 174 valence electrons.